The number of nitrogens with two attached hydrogens (primary N) is 1. The van der Waals surface area contributed by atoms with E-state index in [0.717, 1.165) is 11.5 Å². The lowest BCUT2D eigenvalue weighted by Crippen LogP contribution is -1.97. The molecule has 0 amide bonds. The first-order valence-electron chi connectivity index (χ1n) is 5.71. The van der Waals surface area contributed by atoms with E-state index in [1.165, 1.54) is 24.8 Å². The van der Waals surface area contributed by atoms with Gasteiger partial charge in [-0.15, -0.1) is 0 Å². The molecular weight excluding hydrogens is 182 g/mol. The topological polar surface area (TPSA) is 26.0 Å². The second-order valence-corrected chi connectivity index (χ2v) is 4.73. The molecule has 1 saturated carbocycles. The van der Waals surface area contributed by atoms with Gasteiger partial charge in [0.15, 0.2) is 0 Å². The maximum absolute atomic E-state index is 5.64. The van der Waals surface area contributed by atoms with Crippen LogP contribution in [-0.2, 0) is 0 Å². The van der Waals surface area contributed by atoms with Crippen molar-refractivity contribution in [2.24, 2.45) is 11.7 Å². The number of hydrogen-bond donors (Lipinski definition) is 1. The van der Waals surface area contributed by atoms with Crippen LogP contribution >= 0.6 is 0 Å². The summed E-state index contributed by atoms with van der Waals surface area (Å²) in [4.78, 5) is 0. The first-order valence-corrected chi connectivity index (χ1v) is 5.71. The van der Waals surface area contributed by atoms with Crippen LogP contribution in [0.2, 0.25) is 0 Å². The van der Waals surface area contributed by atoms with Gasteiger partial charge in [-0.05, 0) is 29.4 Å². The van der Waals surface area contributed by atoms with Gasteiger partial charge >= 0.3 is 0 Å². The van der Waals surface area contributed by atoms with Gasteiger partial charge in [-0.3, -0.25) is 0 Å². The summed E-state index contributed by atoms with van der Waals surface area (Å²) in [5.74, 6) is 1.67. The highest BCUT2D eigenvalue weighted by Crippen LogP contribution is 2.38. The molecule has 15 heavy (non-hydrogen) atoms. The number of hydrogen-bond acceptors (Lipinski definition) is 1. The summed E-state index contributed by atoms with van der Waals surface area (Å²) < 4.78 is 0. The predicted molar refractivity (Wildman–Crippen MR) is 65.4 cm³/mol. The molecule has 0 aromatic heterocycles. The molecule has 1 nitrogen and oxygen atoms in total. The summed E-state index contributed by atoms with van der Waals surface area (Å²) in [5, 5.41) is 0. The third-order valence-electron chi connectivity index (χ3n) is 3.23. The lowest BCUT2D eigenvalue weighted by Gasteiger charge is -2.11. The van der Waals surface area contributed by atoms with Crippen LogP contribution in [0.3, 0.4) is 0 Å². The maximum Gasteiger partial charge on any atom is 0.0314 e. The van der Waals surface area contributed by atoms with Crippen LogP contribution in [-0.4, -0.2) is 0 Å². The van der Waals surface area contributed by atoms with Crippen molar-refractivity contribution in [2.45, 2.75) is 32.1 Å². The highest BCUT2D eigenvalue weighted by molar-refractivity contribution is 5.60. The lowest BCUT2D eigenvalue weighted by atomic mass is 9.94. The maximum atomic E-state index is 5.64. The molecule has 80 valence electrons. The summed E-state index contributed by atoms with van der Waals surface area (Å²) in [6.07, 6.45) is 4.20. The van der Waals surface area contributed by atoms with Gasteiger partial charge in [0, 0.05) is 5.70 Å². The van der Waals surface area contributed by atoms with Crippen molar-refractivity contribution in [1.82, 2.24) is 0 Å². The normalized spacial score (nSPS) is 17.4. The SMILES string of the molecule is C=C(N)c1ccc([C@H](C)CC2CC2)cc1. The minimum atomic E-state index is 0.649. The van der Waals surface area contributed by atoms with Crippen LogP contribution in [0.4, 0.5) is 0 Å². The van der Waals surface area contributed by atoms with Crippen LogP contribution in [0, 0.1) is 5.92 Å². The number of benzene rings is 1. The van der Waals surface area contributed by atoms with E-state index >= 15 is 0 Å². The fourth-order valence-electron chi connectivity index (χ4n) is 2.02. The quantitative estimate of drug-likeness (QED) is 0.792. The van der Waals surface area contributed by atoms with E-state index in [-0.39, 0.29) is 0 Å². The standard InChI is InChI=1S/C14H19N/c1-10(9-12-3-4-12)13-5-7-14(8-6-13)11(2)15/h5-8,10,12H,2-4,9,15H2,1H3/t10-/m1/s1. The van der Waals surface area contributed by atoms with E-state index in [0.29, 0.717) is 11.6 Å². The van der Waals surface area contributed by atoms with Crippen molar-refractivity contribution in [1.29, 1.82) is 0 Å². The van der Waals surface area contributed by atoms with Crippen molar-refractivity contribution < 1.29 is 0 Å². The molecule has 1 aromatic rings. The van der Waals surface area contributed by atoms with Crippen LogP contribution in [0.15, 0.2) is 30.8 Å². The Kier molecular flexibility index (Phi) is 2.81. The molecular formula is C14H19N. The fourth-order valence-corrected chi connectivity index (χ4v) is 2.02. The van der Waals surface area contributed by atoms with Gasteiger partial charge in [-0.25, -0.2) is 0 Å². The lowest BCUT2D eigenvalue weighted by molar-refractivity contribution is 0.619. The zero-order chi connectivity index (χ0) is 10.8. The Morgan fingerprint density at radius 1 is 1.40 bits per heavy atom. The molecule has 0 radical (unpaired) electrons. The molecule has 1 aliphatic rings. The van der Waals surface area contributed by atoms with Gasteiger partial charge in [0.25, 0.3) is 0 Å². The molecule has 2 N–H and O–H groups in total. The molecule has 1 aromatic carbocycles. The summed E-state index contributed by atoms with van der Waals surface area (Å²) in [7, 11) is 0. The molecule has 0 unspecified atom stereocenters. The highest BCUT2D eigenvalue weighted by Gasteiger charge is 2.23. The average Bonchev–Trinajstić information content (AvgIpc) is 3.02. The van der Waals surface area contributed by atoms with Gasteiger partial charge in [-0.1, -0.05) is 50.6 Å². The van der Waals surface area contributed by atoms with Gasteiger partial charge in [-0.2, -0.15) is 0 Å². The Morgan fingerprint density at radius 2 is 2.00 bits per heavy atom. The molecule has 1 atom stereocenters. The van der Waals surface area contributed by atoms with Crippen molar-refractivity contribution in [2.75, 3.05) is 0 Å². The predicted octanol–water partition coefficient (Wildman–Crippen LogP) is 3.52. The molecule has 1 fully saturated rings. The number of rotatable bonds is 4. The average molecular weight is 201 g/mol. The van der Waals surface area contributed by atoms with Crippen LogP contribution in [0.25, 0.3) is 5.70 Å². The molecule has 0 aliphatic heterocycles. The molecule has 0 saturated heterocycles. The minimum Gasteiger partial charge on any atom is -0.399 e. The third-order valence-corrected chi connectivity index (χ3v) is 3.23. The Balaban J connectivity index is 2.04. The monoisotopic (exact) mass is 201 g/mol. The molecule has 1 heteroatoms. The smallest absolute Gasteiger partial charge is 0.0314 e. The first kappa shape index (κ1) is 10.3. The molecule has 1 aliphatic carbocycles. The molecule has 2 rings (SSSR count). The minimum absolute atomic E-state index is 0.649. The van der Waals surface area contributed by atoms with E-state index in [1.807, 2.05) is 0 Å². The molecule has 0 bridgehead atoms. The summed E-state index contributed by atoms with van der Waals surface area (Å²) in [5.41, 5.74) is 8.75. The third kappa shape index (κ3) is 2.62. The Morgan fingerprint density at radius 3 is 2.47 bits per heavy atom. The van der Waals surface area contributed by atoms with E-state index in [1.54, 1.807) is 0 Å². The molecule has 0 heterocycles. The zero-order valence-electron chi connectivity index (χ0n) is 9.37. The Bertz CT molecular complexity index is 346. The highest BCUT2D eigenvalue weighted by atomic mass is 14.6. The first-order chi connectivity index (χ1) is 7.16. The largest absolute Gasteiger partial charge is 0.399 e. The van der Waals surface area contributed by atoms with Crippen LogP contribution in [0.5, 0.6) is 0 Å². The summed E-state index contributed by atoms with van der Waals surface area (Å²) >= 11 is 0. The van der Waals surface area contributed by atoms with Crippen LogP contribution in [0.1, 0.15) is 43.2 Å². The van der Waals surface area contributed by atoms with E-state index in [4.69, 9.17) is 5.73 Å². The van der Waals surface area contributed by atoms with Crippen molar-refractivity contribution in [3.63, 3.8) is 0 Å². The van der Waals surface area contributed by atoms with Gasteiger partial charge in [0.2, 0.25) is 0 Å². The van der Waals surface area contributed by atoms with Gasteiger partial charge < -0.3 is 5.73 Å². The van der Waals surface area contributed by atoms with E-state index in [9.17, 15) is 0 Å². The van der Waals surface area contributed by atoms with E-state index in [2.05, 4.69) is 37.8 Å². The summed E-state index contributed by atoms with van der Waals surface area (Å²) in [6, 6.07) is 8.50. The fraction of sp³-hybridized carbons (Fsp3) is 0.429. The second kappa shape index (κ2) is 4.09. The van der Waals surface area contributed by atoms with Crippen LogP contribution < -0.4 is 5.73 Å². The summed E-state index contributed by atoms with van der Waals surface area (Å²) in [6.45, 7) is 6.05. The Labute approximate surface area is 92.0 Å². The molecule has 0 spiro atoms. The van der Waals surface area contributed by atoms with Gasteiger partial charge in [0.1, 0.15) is 0 Å². The zero-order valence-corrected chi connectivity index (χ0v) is 9.37. The van der Waals surface area contributed by atoms with Crippen molar-refractivity contribution in [3.05, 3.63) is 42.0 Å². The second-order valence-electron chi connectivity index (χ2n) is 4.73. The Hall–Kier alpha value is -1.24. The van der Waals surface area contributed by atoms with E-state index < -0.39 is 0 Å². The van der Waals surface area contributed by atoms with Gasteiger partial charge in [0.05, 0.1) is 0 Å². The van der Waals surface area contributed by atoms with Crippen molar-refractivity contribution >= 4 is 5.70 Å². The van der Waals surface area contributed by atoms with Crippen molar-refractivity contribution in [3.8, 4) is 0 Å².